The molecule has 1 atom stereocenters. The zero-order valence-electron chi connectivity index (χ0n) is 7.63. The molecule has 0 rings (SSSR count). The molecule has 0 saturated carbocycles. The van der Waals surface area contributed by atoms with Crippen LogP contribution < -0.4 is 0 Å². The molecule has 3 heteroatoms. The second kappa shape index (κ2) is 6.16. The number of unbranched alkanes of at least 4 members (excludes halogenated alkanes) is 1. The minimum absolute atomic E-state index is 0.0763. The predicted molar refractivity (Wildman–Crippen MR) is 46.9 cm³/mol. The third-order valence-corrected chi connectivity index (χ3v) is 1.61. The number of hydrogen-bond acceptors (Lipinski definition) is 3. The highest BCUT2D eigenvalue weighted by Crippen LogP contribution is 2.05. The molecule has 0 bridgehead atoms. The smallest absolute Gasteiger partial charge is 0.169 e. The molecule has 0 heterocycles. The molecule has 0 aliphatic rings. The number of hydrogen-bond donors (Lipinski definition) is 1. The summed E-state index contributed by atoms with van der Waals surface area (Å²) in [5.41, 5.74) is 0. The molecule has 1 N–H and O–H groups in total. The molecule has 0 aromatic carbocycles. The Bertz CT molecular complexity index is 104. The van der Waals surface area contributed by atoms with Gasteiger partial charge in [-0.3, -0.25) is 10.3 Å². The van der Waals surface area contributed by atoms with Gasteiger partial charge in [0.15, 0.2) is 12.6 Å². The number of ether oxygens (including phenoxy) is 1. The van der Waals surface area contributed by atoms with E-state index < -0.39 is 0 Å². The molecule has 66 valence electrons. The monoisotopic (exact) mass is 158 g/mol. The summed E-state index contributed by atoms with van der Waals surface area (Å²) in [6.07, 6.45) is 4.41. The summed E-state index contributed by atoms with van der Waals surface area (Å²) in [5, 5.41) is 6.79. The van der Waals surface area contributed by atoms with E-state index in [0.717, 1.165) is 19.2 Å². The van der Waals surface area contributed by atoms with Crippen molar-refractivity contribution in [3.05, 3.63) is 0 Å². The van der Waals surface area contributed by atoms with E-state index in [1.807, 2.05) is 19.0 Å². The third kappa shape index (κ3) is 4.79. The first kappa shape index (κ1) is 10.4. The minimum atomic E-state index is 0.0763. The highest BCUT2D eigenvalue weighted by molar-refractivity contribution is 5.41. The molecule has 0 spiro atoms. The maximum Gasteiger partial charge on any atom is 0.169 e. The van der Waals surface area contributed by atoms with Gasteiger partial charge in [-0.2, -0.15) is 0 Å². The summed E-state index contributed by atoms with van der Waals surface area (Å²) in [6.45, 7) is 2.15. The van der Waals surface area contributed by atoms with E-state index >= 15 is 0 Å². The second-order valence-corrected chi connectivity index (χ2v) is 2.81. The van der Waals surface area contributed by atoms with E-state index in [-0.39, 0.29) is 6.23 Å². The highest BCUT2D eigenvalue weighted by atomic mass is 16.5. The molecule has 0 fully saturated rings. The molecule has 0 amide bonds. The van der Waals surface area contributed by atoms with Crippen LogP contribution in [0.2, 0.25) is 0 Å². The van der Waals surface area contributed by atoms with Crippen molar-refractivity contribution in [2.24, 2.45) is 0 Å². The second-order valence-electron chi connectivity index (χ2n) is 2.81. The first-order valence-electron chi connectivity index (χ1n) is 4.03. The fraction of sp³-hybridized carbons (Fsp3) is 0.875. The zero-order valence-corrected chi connectivity index (χ0v) is 7.63. The summed E-state index contributed by atoms with van der Waals surface area (Å²) in [7, 11) is 3.92. The lowest BCUT2D eigenvalue weighted by atomic mass is 10.2. The van der Waals surface area contributed by atoms with Gasteiger partial charge in [-0.1, -0.05) is 13.3 Å². The van der Waals surface area contributed by atoms with E-state index in [9.17, 15) is 0 Å². The fourth-order valence-corrected chi connectivity index (χ4v) is 0.905. The average Bonchev–Trinajstić information content (AvgIpc) is 1.97. The lowest BCUT2D eigenvalue weighted by Gasteiger charge is -2.22. The normalized spacial score (nSPS) is 13.1. The molecule has 11 heavy (non-hydrogen) atoms. The van der Waals surface area contributed by atoms with E-state index in [4.69, 9.17) is 10.1 Å². The fourth-order valence-electron chi connectivity index (χ4n) is 0.905. The molecule has 0 aliphatic carbocycles. The topological polar surface area (TPSA) is 36.3 Å². The van der Waals surface area contributed by atoms with Crippen LogP contribution in [-0.4, -0.2) is 31.6 Å². The first-order valence-corrected chi connectivity index (χ1v) is 4.03. The van der Waals surface area contributed by atoms with Crippen molar-refractivity contribution in [3.8, 4) is 0 Å². The van der Waals surface area contributed by atoms with Gasteiger partial charge in [0.2, 0.25) is 0 Å². The molecule has 0 aromatic heterocycles. The minimum Gasteiger partial charge on any atom is -0.465 e. The van der Waals surface area contributed by atoms with Gasteiger partial charge in [-0.15, -0.1) is 0 Å². The van der Waals surface area contributed by atoms with Gasteiger partial charge in [0, 0.05) is 0 Å². The average molecular weight is 158 g/mol. The van der Waals surface area contributed by atoms with Crippen molar-refractivity contribution in [2.75, 3.05) is 14.1 Å². The van der Waals surface area contributed by atoms with Gasteiger partial charge >= 0.3 is 0 Å². The largest absolute Gasteiger partial charge is 0.465 e. The SMILES string of the molecule is CCCCC(OC=N)N(C)C. The lowest BCUT2D eigenvalue weighted by molar-refractivity contribution is 0.0497. The summed E-state index contributed by atoms with van der Waals surface area (Å²) >= 11 is 0. The predicted octanol–water partition coefficient (Wildman–Crippen LogP) is 1.69. The number of rotatable bonds is 6. The molecule has 0 saturated heterocycles. The Morgan fingerprint density at radius 3 is 2.55 bits per heavy atom. The van der Waals surface area contributed by atoms with Crippen LogP contribution in [0.25, 0.3) is 0 Å². The van der Waals surface area contributed by atoms with Crippen LogP contribution in [0.4, 0.5) is 0 Å². The zero-order chi connectivity index (χ0) is 8.69. The highest BCUT2D eigenvalue weighted by Gasteiger charge is 2.08. The molecule has 0 radical (unpaired) electrons. The standard InChI is InChI=1S/C8H18N2O/c1-4-5-6-8(10(2)3)11-7-9/h7-9H,4-6H2,1-3H3. The van der Waals surface area contributed by atoms with Crippen molar-refractivity contribution in [1.82, 2.24) is 4.90 Å². The van der Waals surface area contributed by atoms with E-state index in [0.29, 0.717) is 0 Å². The van der Waals surface area contributed by atoms with Crippen molar-refractivity contribution < 1.29 is 4.74 Å². The van der Waals surface area contributed by atoms with Crippen molar-refractivity contribution in [2.45, 2.75) is 32.4 Å². The van der Waals surface area contributed by atoms with Gasteiger partial charge in [0.1, 0.15) is 0 Å². The molecule has 1 unspecified atom stereocenters. The summed E-state index contributed by atoms with van der Waals surface area (Å²) in [5.74, 6) is 0. The lowest BCUT2D eigenvalue weighted by Crippen LogP contribution is -2.30. The van der Waals surface area contributed by atoms with Gasteiger partial charge < -0.3 is 4.74 Å². The van der Waals surface area contributed by atoms with E-state index in [2.05, 4.69) is 6.92 Å². The van der Waals surface area contributed by atoms with Gasteiger partial charge in [0.25, 0.3) is 0 Å². The number of nitrogens with zero attached hydrogens (tertiary/aromatic N) is 1. The Hall–Kier alpha value is -0.570. The van der Waals surface area contributed by atoms with Gasteiger partial charge in [-0.05, 0) is 26.9 Å². The van der Waals surface area contributed by atoms with Crippen LogP contribution in [0.1, 0.15) is 26.2 Å². The van der Waals surface area contributed by atoms with Gasteiger partial charge in [-0.25, -0.2) is 0 Å². The van der Waals surface area contributed by atoms with Crippen molar-refractivity contribution >= 4 is 6.40 Å². The van der Waals surface area contributed by atoms with Crippen LogP contribution in [0.15, 0.2) is 0 Å². The van der Waals surface area contributed by atoms with Crippen LogP contribution in [0.5, 0.6) is 0 Å². The Labute approximate surface area is 68.9 Å². The van der Waals surface area contributed by atoms with Crippen LogP contribution in [0.3, 0.4) is 0 Å². The quantitative estimate of drug-likeness (QED) is 0.363. The van der Waals surface area contributed by atoms with Crippen LogP contribution in [-0.2, 0) is 4.74 Å². The van der Waals surface area contributed by atoms with Crippen LogP contribution >= 0.6 is 0 Å². The van der Waals surface area contributed by atoms with Crippen molar-refractivity contribution in [1.29, 1.82) is 5.41 Å². The number of nitrogens with one attached hydrogen (secondary N) is 1. The maximum atomic E-state index is 6.79. The Morgan fingerprint density at radius 2 is 2.18 bits per heavy atom. The maximum absolute atomic E-state index is 6.79. The van der Waals surface area contributed by atoms with Crippen LogP contribution in [0, 0.1) is 5.41 Å². The molecular weight excluding hydrogens is 140 g/mol. The third-order valence-electron chi connectivity index (χ3n) is 1.61. The summed E-state index contributed by atoms with van der Waals surface area (Å²) in [6, 6.07) is 0. The Morgan fingerprint density at radius 1 is 1.55 bits per heavy atom. The van der Waals surface area contributed by atoms with Crippen molar-refractivity contribution in [3.63, 3.8) is 0 Å². The molecular formula is C8H18N2O. The summed E-state index contributed by atoms with van der Waals surface area (Å²) < 4.78 is 5.07. The molecule has 3 nitrogen and oxygen atoms in total. The van der Waals surface area contributed by atoms with Gasteiger partial charge in [0.05, 0.1) is 0 Å². The molecule has 0 aliphatic heterocycles. The molecule has 0 aromatic rings. The Balaban J connectivity index is 3.59. The van der Waals surface area contributed by atoms with E-state index in [1.54, 1.807) is 0 Å². The van der Waals surface area contributed by atoms with E-state index in [1.165, 1.54) is 6.42 Å². The summed E-state index contributed by atoms with van der Waals surface area (Å²) in [4.78, 5) is 1.99. The Kier molecular flexibility index (Phi) is 5.84. The first-order chi connectivity index (χ1) is 5.22.